The molecule has 2 fully saturated rings. The van der Waals surface area contributed by atoms with Gasteiger partial charge in [-0.1, -0.05) is 18.6 Å². The van der Waals surface area contributed by atoms with E-state index in [9.17, 15) is 22.8 Å². The van der Waals surface area contributed by atoms with Crippen LogP contribution in [0, 0.1) is 5.92 Å². The van der Waals surface area contributed by atoms with E-state index in [0.717, 1.165) is 51.5 Å². The predicted molar refractivity (Wildman–Crippen MR) is 109 cm³/mol. The van der Waals surface area contributed by atoms with E-state index < -0.39 is 6.36 Å². The van der Waals surface area contributed by atoms with Gasteiger partial charge in [0.25, 0.3) is 0 Å². The Morgan fingerprint density at radius 3 is 2.55 bits per heavy atom. The van der Waals surface area contributed by atoms with E-state index in [1.165, 1.54) is 18.2 Å². The number of ether oxygens (including phenoxy) is 1. The minimum Gasteiger partial charge on any atom is -0.406 e. The molecule has 9 heteroatoms. The van der Waals surface area contributed by atoms with Gasteiger partial charge >= 0.3 is 6.36 Å². The molecule has 3 rings (SSSR count). The van der Waals surface area contributed by atoms with Gasteiger partial charge in [0.2, 0.25) is 11.8 Å². The number of benzene rings is 1. The van der Waals surface area contributed by atoms with E-state index in [0.29, 0.717) is 12.0 Å². The third-order valence-electron chi connectivity index (χ3n) is 5.92. The fourth-order valence-corrected chi connectivity index (χ4v) is 4.28. The Labute approximate surface area is 180 Å². The zero-order valence-corrected chi connectivity index (χ0v) is 17.5. The van der Waals surface area contributed by atoms with Crippen LogP contribution < -0.4 is 20.7 Å². The Hall–Kier alpha value is -2.29. The number of piperidine rings is 1. The number of carbonyl (C=O) groups is 2. The molecule has 1 heterocycles. The fourth-order valence-electron chi connectivity index (χ4n) is 4.28. The summed E-state index contributed by atoms with van der Waals surface area (Å²) in [6, 6.07) is 5.66. The van der Waals surface area contributed by atoms with E-state index in [1.807, 2.05) is 0 Å². The van der Waals surface area contributed by atoms with Crippen molar-refractivity contribution in [2.75, 3.05) is 6.54 Å². The van der Waals surface area contributed by atoms with Crippen molar-refractivity contribution in [3.63, 3.8) is 0 Å². The van der Waals surface area contributed by atoms with E-state index in [-0.39, 0.29) is 42.1 Å². The van der Waals surface area contributed by atoms with E-state index >= 15 is 0 Å². The molecule has 2 amide bonds. The van der Waals surface area contributed by atoms with Crippen LogP contribution in [0.15, 0.2) is 24.3 Å². The van der Waals surface area contributed by atoms with Crippen molar-refractivity contribution in [2.45, 2.75) is 76.4 Å². The summed E-state index contributed by atoms with van der Waals surface area (Å²) >= 11 is 0. The van der Waals surface area contributed by atoms with Gasteiger partial charge in [-0.2, -0.15) is 0 Å². The Kier molecular flexibility index (Phi) is 8.17. The molecule has 2 aliphatic rings. The highest BCUT2D eigenvalue weighted by Gasteiger charge is 2.31. The van der Waals surface area contributed by atoms with Crippen LogP contribution in [0.1, 0.15) is 56.9 Å². The minimum atomic E-state index is -4.74. The highest BCUT2D eigenvalue weighted by Crippen LogP contribution is 2.27. The molecule has 0 aromatic heterocycles. The van der Waals surface area contributed by atoms with Crippen molar-refractivity contribution < 1.29 is 27.5 Å². The van der Waals surface area contributed by atoms with E-state index in [4.69, 9.17) is 0 Å². The van der Waals surface area contributed by atoms with Crippen LogP contribution in [0.25, 0.3) is 0 Å². The van der Waals surface area contributed by atoms with Crippen LogP contribution in [-0.2, 0) is 16.1 Å². The molecular formula is C22H30F3N3O3. The van der Waals surface area contributed by atoms with Crippen molar-refractivity contribution >= 4 is 11.8 Å². The van der Waals surface area contributed by atoms with Crippen molar-refractivity contribution in [1.29, 1.82) is 0 Å². The van der Waals surface area contributed by atoms with Gasteiger partial charge in [-0.05, 0) is 68.7 Å². The second-order valence-electron chi connectivity index (χ2n) is 8.40. The van der Waals surface area contributed by atoms with Crippen LogP contribution in [0.2, 0.25) is 0 Å². The maximum Gasteiger partial charge on any atom is 0.573 e. The van der Waals surface area contributed by atoms with Crippen molar-refractivity contribution in [2.24, 2.45) is 5.92 Å². The largest absolute Gasteiger partial charge is 0.573 e. The zero-order chi connectivity index (χ0) is 22.3. The first kappa shape index (κ1) is 23.4. The van der Waals surface area contributed by atoms with Crippen molar-refractivity contribution in [3.05, 3.63) is 29.8 Å². The highest BCUT2D eigenvalue weighted by atomic mass is 19.4. The van der Waals surface area contributed by atoms with Crippen LogP contribution >= 0.6 is 0 Å². The number of amides is 2. The molecule has 0 spiro atoms. The summed E-state index contributed by atoms with van der Waals surface area (Å²) in [5, 5.41) is 9.16. The molecule has 1 aromatic carbocycles. The number of hydrogen-bond acceptors (Lipinski definition) is 4. The molecule has 0 unspecified atom stereocenters. The average molecular weight is 441 g/mol. The monoisotopic (exact) mass is 441 g/mol. The molecule has 3 N–H and O–H groups in total. The van der Waals surface area contributed by atoms with Gasteiger partial charge < -0.3 is 20.7 Å². The van der Waals surface area contributed by atoms with Crippen LogP contribution in [0.5, 0.6) is 5.75 Å². The highest BCUT2D eigenvalue weighted by molar-refractivity contribution is 5.82. The zero-order valence-electron chi connectivity index (χ0n) is 17.5. The number of alkyl halides is 3. The summed E-state index contributed by atoms with van der Waals surface area (Å²) in [5.74, 6) is -0.0949. The summed E-state index contributed by atoms with van der Waals surface area (Å²) in [6.45, 7) is 1.03. The fraction of sp³-hybridized carbons (Fsp3) is 0.636. The average Bonchev–Trinajstić information content (AvgIpc) is 2.73. The lowest BCUT2D eigenvalue weighted by molar-refractivity contribution is -0.274. The Morgan fingerprint density at radius 2 is 1.87 bits per heavy atom. The molecule has 1 aromatic rings. The molecule has 172 valence electrons. The van der Waals surface area contributed by atoms with Gasteiger partial charge in [0.05, 0.1) is 6.04 Å². The van der Waals surface area contributed by atoms with Gasteiger partial charge in [-0.15, -0.1) is 13.2 Å². The number of nitrogens with one attached hydrogen (secondary N) is 3. The van der Waals surface area contributed by atoms with Crippen LogP contribution in [0.3, 0.4) is 0 Å². The van der Waals surface area contributed by atoms with Gasteiger partial charge in [0.1, 0.15) is 5.75 Å². The van der Waals surface area contributed by atoms with Crippen LogP contribution in [-0.4, -0.2) is 36.8 Å². The standard InChI is InChI=1S/C22H30F3N3O3/c23-22(24,25)31-18-5-3-4-16(12-18)14-27-20(29)13-15-7-9-17(10-8-15)28-21(30)19-6-1-2-11-26-19/h3-5,12,15,17,19,26H,1-2,6-11,13-14H2,(H,27,29)(H,28,30)/t15-,17+,19-/m0/s1. The first-order valence-electron chi connectivity index (χ1n) is 10.9. The lowest BCUT2D eigenvalue weighted by Crippen LogP contribution is -2.50. The second kappa shape index (κ2) is 10.8. The summed E-state index contributed by atoms with van der Waals surface area (Å²) in [4.78, 5) is 24.6. The summed E-state index contributed by atoms with van der Waals surface area (Å²) in [7, 11) is 0. The lowest BCUT2D eigenvalue weighted by atomic mass is 9.83. The first-order valence-corrected chi connectivity index (χ1v) is 10.9. The Bertz CT molecular complexity index is 743. The molecule has 0 radical (unpaired) electrons. The molecule has 1 atom stereocenters. The summed E-state index contributed by atoms with van der Waals surface area (Å²) in [5.41, 5.74) is 0.540. The van der Waals surface area contributed by atoms with E-state index in [2.05, 4.69) is 20.7 Å². The van der Waals surface area contributed by atoms with Crippen molar-refractivity contribution in [3.8, 4) is 5.75 Å². The molecule has 6 nitrogen and oxygen atoms in total. The molecule has 1 aliphatic heterocycles. The maximum atomic E-state index is 12.3. The topological polar surface area (TPSA) is 79.5 Å². The third kappa shape index (κ3) is 8.05. The third-order valence-corrected chi connectivity index (χ3v) is 5.92. The SMILES string of the molecule is O=C(C[C@H]1CC[C@@H](NC(=O)[C@@H]2CCCCN2)CC1)NCc1cccc(OC(F)(F)F)c1. The number of hydrogen-bond donors (Lipinski definition) is 3. The Balaban J connectivity index is 1.35. The second-order valence-corrected chi connectivity index (χ2v) is 8.40. The smallest absolute Gasteiger partial charge is 0.406 e. The molecule has 31 heavy (non-hydrogen) atoms. The van der Waals surface area contributed by atoms with Gasteiger partial charge in [0, 0.05) is 19.0 Å². The number of carbonyl (C=O) groups excluding carboxylic acids is 2. The molecule has 1 saturated carbocycles. The maximum absolute atomic E-state index is 12.3. The van der Waals surface area contributed by atoms with Crippen LogP contribution in [0.4, 0.5) is 13.2 Å². The molecule has 0 bridgehead atoms. The number of rotatable bonds is 7. The van der Waals surface area contributed by atoms with E-state index in [1.54, 1.807) is 6.07 Å². The predicted octanol–water partition coefficient (Wildman–Crippen LogP) is 3.41. The van der Waals surface area contributed by atoms with Gasteiger partial charge in [-0.25, -0.2) is 0 Å². The normalized spacial score (nSPS) is 24.3. The summed E-state index contributed by atoms with van der Waals surface area (Å²) in [6.07, 6.45) is 2.15. The minimum absolute atomic E-state index is 0.0811. The van der Waals surface area contributed by atoms with Gasteiger partial charge in [0.15, 0.2) is 0 Å². The lowest BCUT2D eigenvalue weighted by Gasteiger charge is -2.31. The molecule has 1 aliphatic carbocycles. The molecular weight excluding hydrogens is 411 g/mol. The van der Waals surface area contributed by atoms with Crippen molar-refractivity contribution in [1.82, 2.24) is 16.0 Å². The number of halogens is 3. The summed E-state index contributed by atoms with van der Waals surface area (Å²) < 4.78 is 40.9. The van der Waals surface area contributed by atoms with Gasteiger partial charge in [-0.3, -0.25) is 9.59 Å². The molecule has 1 saturated heterocycles. The first-order chi connectivity index (χ1) is 14.8. The Morgan fingerprint density at radius 1 is 1.10 bits per heavy atom. The quantitative estimate of drug-likeness (QED) is 0.606.